The first-order chi connectivity index (χ1) is 15.7. The van der Waals surface area contributed by atoms with Crippen molar-refractivity contribution in [3.05, 3.63) is 54.1 Å². The van der Waals surface area contributed by atoms with Gasteiger partial charge in [0.15, 0.2) is 11.0 Å². The minimum Gasteiger partial charge on any atom is -0.497 e. The zero-order valence-corrected chi connectivity index (χ0v) is 20.3. The van der Waals surface area contributed by atoms with Crippen molar-refractivity contribution in [2.45, 2.75) is 30.3 Å². The molecule has 2 atom stereocenters. The maximum absolute atomic E-state index is 13.5. The molecule has 10 heteroatoms. The van der Waals surface area contributed by atoms with Crippen molar-refractivity contribution >= 4 is 23.4 Å². The summed E-state index contributed by atoms with van der Waals surface area (Å²) in [5.74, 6) is 1.29. The van der Waals surface area contributed by atoms with E-state index in [-0.39, 0.29) is 17.8 Å². The van der Waals surface area contributed by atoms with E-state index in [2.05, 4.69) is 15.5 Å². The molecule has 3 aromatic rings. The Hall–Kier alpha value is -3.11. The first-order valence-electron chi connectivity index (χ1n) is 10.3. The fourth-order valence-electron chi connectivity index (χ4n) is 3.03. The molecule has 33 heavy (non-hydrogen) atoms. The molecule has 0 bridgehead atoms. The SMILES string of the molecule is COc1cc(NC(=O)[C@H](C)Sc2nnc([C@@H](C)N(C)C)n2-c2ccc(F)cc2)cc(OC)c1. The molecule has 3 rings (SSSR count). The highest BCUT2D eigenvalue weighted by atomic mass is 32.2. The van der Waals surface area contributed by atoms with Gasteiger partial charge >= 0.3 is 0 Å². The molecule has 1 amide bonds. The van der Waals surface area contributed by atoms with Gasteiger partial charge < -0.3 is 14.8 Å². The number of aromatic nitrogens is 3. The van der Waals surface area contributed by atoms with Crippen LogP contribution in [0, 0.1) is 5.82 Å². The number of thioether (sulfide) groups is 1. The van der Waals surface area contributed by atoms with Crippen molar-refractivity contribution in [1.82, 2.24) is 19.7 Å². The van der Waals surface area contributed by atoms with Crippen LogP contribution in [-0.4, -0.2) is 59.1 Å². The number of ether oxygens (including phenoxy) is 2. The summed E-state index contributed by atoms with van der Waals surface area (Å²) in [5, 5.41) is 11.6. The molecule has 0 unspecified atom stereocenters. The van der Waals surface area contributed by atoms with Gasteiger partial charge in [0.25, 0.3) is 0 Å². The van der Waals surface area contributed by atoms with E-state index in [9.17, 15) is 9.18 Å². The van der Waals surface area contributed by atoms with Gasteiger partial charge in [-0.2, -0.15) is 0 Å². The highest BCUT2D eigenvalue weighted by molar-refractivity contribution is 8.00. The van der Waals surface area contributed by atoms with E-state index in [1.165, 1.54) is 23.9 Å². The number of hydrogen-bond donors (Lipinski definition) is 1. The molecule has 2 aromatic carbocycles. The number of amides is 1. The number of carbonyl (C=O) groups excluding carboxylic acids is 1. The van der Waals surface area contributed by atoms with Crippen molar-refractivity contribution in [3.63, 3.8) is 0 Å². The average molecular weight is 474 g/mol. The maximum atomic E-state index is 13.5. The molecule has 1 heterocycles. The second-order valence-corrected chi connectivity index (χ2v) is 8.95. The number of methoxy groups -OCH3 is 2. The van der Waals surface area contributed by atoms with Crippen molar-refractivity contribution in [2.75, 3.05) is 33.6 Å². The Bertz CT molecular complexity index is 1080. The van der Waals surface area contributed by atoms with Crippen LogP contribution < -0.4 is 14.8 Å². The quantitative estimate of drug-likeness (QED) is 0.467. The highest BCUT2D eigenvalue weighted by Crippen LogP contribution is 2.31. The van der Waals surface area contributed by atoms with Gasteiger partial charge in [-0.15, -0.1) is 10.2 Å². The third kappa shape index (κ3) is 5.82. The molecule has 0 saturated heterocycles. The van der Waals surface area contributed by atoms with Crippen LogP contribution in [-0.2, 0) is 4.79 Å². The summed E-state index contributed by atoms with van der Waals surface area (Å²) in [6.07, 6.45) is 0. The van der Waals surface area contributed by atoms with Crippen LogP contribution in [0.25, 0.3) is 5.69 Å². The molecule has 176 valence electrons. The van der Waals surface area contributed by atoms with E-state index < -0.39 is 5.25 Å². The summed E-state index contributed by atoms with van der Waals surface area (Å²) in [5.41, 5.74) is 1.28. The van der Waals surface area contributed by atoms with Gasteiger partial charge in [-0.1, -0.05) is 11.8 Å². The second-order valence-electron chi connectivity index (χ2n) is 7.64. The fourth-order valence-corrected chi connectivity index (χ4v) is 3.90. The predicted octanol–water partition coefficient (Wildman–Crippen LogP) is 4.17. The largest absolute Gasteiger partial charge is 0.497 e. The monoisotopic (exact) mass is 473 g/mol. The Labute approximate surface area is 197 Å². The van der Waals surface area contributed by atoms with E-state index in [0.29, 0.717) is 28.2 Å². The summed E-state index contributed by atoms with van der Waals surface area (Å²) < 4.78 is 25.9. The van der Waals surface area contributed by atoms with Crippen molar-refractivity contribution in [1.29, 1.82) is 0 Å². The Morgan fingerprint density at radius 1 is 1.06 bits per heavy atom. The summed E-state index contributed by atoms with van der Waals surface area (Å²) in [7, 11) is 6.99. The lowest BCUT2D eigenvalue weighted by Crippen LogP contribution is -2.23. The minimum atomic E-state index is -0.492. The van der Waals surface area contributed by atoms with Crippen molar-refractivity contribution in [2.24, 2.45) is 0 Å². The van der Waals surface area contributed by atoms with Crippen molar-refractivity contribution < 1.29 is 18.7 Å². The lowest BCUT2D eigenvalue weighted by atomic mass is 10.2. The average Bonchev–Trinajstić information content (AvgIpc) is 3.21. The molecule has 1 N–H and O–H groups in total. The van der Waals surface area contributed by atoms with Crippen LogP contribution in [0.4, 0.5) is 10.1 Å². The second kappa shape index (κ2) is 10.7. The lowest BCUT2D eigenvalue weighted by Gasteiger charge is -2.21. The number of hydrogen-bond acceptors (Lipinski definition) is 7. The first kappa shape index (κ1) is 24.5. The van der Waals surface area contributed by atoms with Gasteiger partial charge in [-0.05, 0) is 52.2 Å². The van der Waals surface area contributed by atoms with Crippen LogP contribution in [0.5, 0.6) is 11.5 Å². The van der Waals surface area contributed by atoms with E-state index >= 15 is 0 Å². The zero-order valence-electron chi connectivity index (χ0n) is 19.5. The van der Waals surface area contributed by atoms with Crippen LogP contribution in [0.2, 0.25) is 0 Å². The number of anilines is 1. The van der Waals surface area contributed by atoms with Gasteiger partial charge in [0.05, 0.1) is 25.5 Å². The van der Waals surface area contributed by atoms with Crippen LogP contribution in [0.15, 0.2) is 47.6 Å². The molecule has 0 aliphatic heterocycles. The molecular weight excluding hydrogens is 445 g/mol. The summed E-state index contributed by atoms with van der Waals surface area (Å²) in [4.78, 5) is 14.9. The molecule has 8 nitrogen and oxygen atoms in total. The molecule has 0 aliphatic rings. The number of halogens is 1. The van der Waals surface area contributed by atoms with E-state index in [4.69, 9.17) is 9.47 Å². The zero-order chi connectivity index (χ0) is 24.1. The maximum Gasteiger partial charge on any atom is 0.237 e. The third-order valence-electron chi connectivity index (χ3n) is 5.16. The highest BCUT2D eigenvalue weighted by Gasteiger charge is 2.24. The number of nitrogens with zero attached hydrogens (tertiary/aromatic N) is 4. The number of carbonyl (C=O) groups is 1. The summed E-state index contributed by atoms with van der Waals surface area (Å²) in [6.45, 7) is 3.79. The van der Waals surface area contributed by atoms with Crippen LogP contribution in [0.1, 0.15) is 25.7 Å². The molecule has 0 fully saturated rings. The smallest absolute Gasteiger partial charge is 0.237 e. The predicted molar refractivity (Wildman–Crippen MR) is 127 cm³/mol. The lowest BCUT2D eigenvalue weighted by molar-refractivity contribution is -0.115. The fraction of sp³-hybridized carbons (Fsp3) is 0.348. The van der Waals surface area contributed by atoms with E-state index in [1.807, 2.05) is 30.5 Å². The number of rotatable bonds is 9. The minimum absolute atomic E-state index is 0.0507. The van der Waals surface area contributed by atoms with Crippen molar-refractivity contribution in [3.8, 4) is 17.2 Å². The first-order valence-corrected chi connectivity index (χ1v) is 11.2. The van der Waals surface area contributed by atoms with Gasteiger partial charge in [0.1, 0.15) is 17.3 Å². The molecule has 1 aromatic heterocycles. The van der Waals surface area contributed by atoms with Gasteiger partial charge in [0, 0.05) is 29.6 Å². The Kier molecular flexibility index (Phi) is 7.93. The molecular formula is C23H28FN5O3S. The molecule has 0 radical (unpaired) electrons. The van der Waals surface area contributed by atoms with Crippen LogP contribution >= 0.6 is 11.8 Å². The van der Waals surface area contributed by atoms with Gasteiger partial charge in [-0.3, -0.25) is 14.3 Å². The van der Waals surface area contributed by atoms with Gasteiger partial charge in [-0.25, -0.2) is 4.39 Å². The summed E-state index contributed by atoms with van der Waals surface area (Å²) >= 11 is 1.27. The number of benzene rings is 2. The van der Waals surface area contributed by atoms with Gasteiger partial charge in [0.2, 0.25) is 5.91 Å². The topological polar surface area (TPSA) is 81.5 Å². The third-order valence-corrected chi connectivity index (χ3v) is 6.20. The normalized spacial score (nSPS) is 13.0. The standard InChI is InChI=1S/C23H28FN5O3S/c1-14(28(3)4)21-26-27-23(29(21)18-9-7-16(24)8-10-18)33-15(2)22(30)25-17-11-19(31-5)13-20(12-17)32-6/h7-15H,1-6H3,(H,25,30)/t14-,15+/m1/s1. The Balaban J connectivity index is 1.86. The Morgan fingerprint density at radius 3 is 2.21 bits per heavy atom. The van der Waals surface area contributed by atoms with E-state index in [1.54, 1.807) is 51.5 Å². The molecule has 0 spiro atoms. The van der Waals surface area contributed by atoms with Crippen LogP contribution in [0.3, 0.4) is 0 Å². The summed E-state index contributed by atoms with van der Waals surface area (Å²) in [6, 6.07) is 11.2. The van der Waals surface area contributed by atoms with E-state index in [0.717, 1.165) is 5.69 Å². The Morgan fingerprint density at radius 2 is 1.67 bits per heavy atom. The number of nitrogens with one attached hydrogen (secondary N) is 1. The molecule has 0 saturated carbocycles. The molecule has 0 aliphatic carbocycles.